The minimum absolute atomic E-state index is 0.0585. The van der Waals surface area contributed by atoms with E-state index in [1.165, 1.54) is 4.90 Å². The summed E-state index contributed by atoms with van der Waals surface area (Å²) in [6, 6.07) is 0. The van der Waals surface area contributed by atoms with Gasteiger partial charge in [0.2, 0.25) is 5.91 Å². The van der Waals surface area contributed by atoms with Crippen molar-refractivity contribution >= 4 is 30.3 Å². The highest BCUT2D eigenvalue weighted by molar-refractivity contribution is 5.76. The molecule has 0 spiro atoms. The number of alkyl carbamates (subject to hydrolysis) is 1. The second-order valence-corrected chi connectivity index (χ2v) is 9.25. The maximum absolute atomic E-state index is 12.4. The van der Waals surface area contributed by atoms with Gasteiger partial charge in [0, 0.05) is 32.6 Å². The van der Waals surface area contributed by atoms with Crippen LogP contribution in [0.25, 0.3) is 0 Å². The van der Waals surface area contributed by atoms with E-state index < -0.39 is 30.0 Å². The molecule has 0 saturated carbocycles. The van der Waals surface area contributed by atoms with Gasteiger partial charge in [-0.3, -0.25) is 4.79 Å². The molecule has 0 radical (unpaired) electrons. The summed E-state index contributed by atoms with van der Waals surface area (Å²) in [4.78, 5) is 58.3. The predicted molar refractivity (Wildman–Crippen MR) is 134 cm³/mol. The smallest absolute Gasteiger partial charge is 0.410 e. The van der Waals surface area contributed by atoms with Gasteiger partial charge in [0.25, 0.3) is 0 Å². The van der Waals surface area contributed by atoms with E-state index in [1.54, 1.807) is 20.8 Å². The number of ether oxygens (including phenoxy) is 2. The summed E-state index contributed by atoms with van der Waals surface area (Å²) in [7, 11) is 0. The van der Waals surface area contributed by atoms with Gasteiger partial charge in [-0.25, -0.2) is 19.2 Å². The van der Waals surface area contributed by atoms with Crippen LogP contribution >= 0.6 is 0 Å². The summed E-state index contributed by atoms with van der Waals surface area (Å²) in [6.07, 6.45) is 1.44. The van der Waals surface area contributed by atoms with Crippen LogP contribution in [0.1, 0.15) is 72.1 Å². The molecule has 0 aromatic heterocycles. The largest absolute Gasteiger partial charge is 0.465 e. The zero-order valence-corrected chi connectivity index (χ0v) is 22.1. The predicted octanol–water partition coefficient (Wildman–Crippen LogP) is 2.68. The first-order valence-electron chi connectivity index (χ1n) is 12.5. The van der Waals surface area contributed by atoms with Gasteiger partial charge in [0.1, 0.15) is 5.60 Å². The number of carbonyl (C=O) groups excluding carboxylic acids is 3. The lowest BCUT2D eigenvalue weighted by molar-refractivity contribution is -0.121. The van der Waals surface area contributed by atoms with Crippen molar-refractivity contribution in [3.05, 3.63) is 0 Å². The Bertz CT molecular complexity index is 713. The average Bonchev–Trinajstić information content (AvgIpc) is 2.78. The van der Waals surface area contributed by atoms with Crippen molar-refractivity contribution < 1.29 is 43.7 Å². The number of carboxylic acid groups (broad SMARTS) is 2. The molecule has 0 aromatic rings. The fourth-order valence-corrected chi connectivity index (χ4v) is 2.97. The lowest BCUT2D eigenvalue weighted by Crippen LogP contribution is -2.39. The summed E-state index contributed by atoms with van der Waals surface area (Å²) in [5, 5.41) is 26.6. The number of hydrogen-bond donors (Lipinski definition) is 6. The van der Waals surface area contributed by atoms with E-state index in [9.17, 15) is 24.0 Å². The maximum Gasteiger partial charge on any atom is 0.410 e. The standard InChI is InChI=1S/C23H43N5O9/c1-23(2,3)37-22(35)28(15-10-13-25-20(32)33)14-8-9-16-36-21(34)27-17-26-18(29)11-6-4-5-7-12-24-19(30)31/h24-25H,4-17H2,1-3H3,(H,26,29)(H,27,34)(H,30,31)(H,32,33). The number of rotatable bonds is 18. The Balaban J connectivity index is 3.99. The van der Waals surface area contributed by atoms with Gasteiger partial charge in [-0.15, -0.1) is 0 Å². The van der Waals surface area contributed by atoms with Crippen LogP contribution in [0.15, 0.2) is 0 Å². The molecule has 0 aliphatic carbocycles. The van der Waals surface area contributed by atoms with Gasteiger partial charge in [0.05, 0.1) is 13.3 Å². The van der Waals surface area contributed by atoms with E-state index >= 15 is 0 Å². The quantitative estimate of drug-likeness (QED) is 0.113. The Hall–Kier alpha value is -3.45. The third kappa shape index (κ3) is 22.7. The fraction of sp³-hybridized carbons (Fsp3) is 0.783. The molecule has 0 heterocycles. The second kappa shape index (κ2) is 19.7. The topological polar surface area (TPSA) is 196 Å². The van der Waals surface area contributed by atoms with Crippen molar-refractivity contribution in [2.24, 2.45) is 0 Å². The Kier molecular flexibility index (Phi) is 17.9. The average molecular weight is 534 g/mol. The molecule has 14 nitrogen and oxygen atoms in total. The summed E-state index contributed by atoms with van der Waals surface area (Å²) in [5.41, 5.74) is -0.660. The van der Waals surface area contributed by atoms with Crippen molar-refractivity contribution in [2.75, 3.05) is 39.5 Å². The second-order valence-electron chi connectivity index (χ2n) is 9.25. The molecule has 214 valence electrons. The molecule has 0 saturated heterocycles. The van der Waals surface area contributed by atoms with Crippen molar-refractivity contribution in [3.8, 4) is 0 Å². The zero-order valence-electron chi connectivity index (χ0n) is 22.1. The van der Waals surface area contributed by atoms with Crippen LogP contribution in [0.5, 0.6) is 0 Å². The van der Waals surface area contributed by atoms with Crippen LogP contribution in [0, 0.1) is 0 Å². The Morgan fingerprint density at radius 1 is 0.730 bits per heavy atom. The molecule has 0 fully saturated rings. The lowest BCUT2D eigenvalue weighted by atomic mass is 10.1. The monoisotopic (exact) mass is 533 g/mol. The molecule has 0 aliphatic rings. The van der Waals surface area contributed by atoms with Crippen LogP contribution in [0.2, 0.25) is 0 Å². The van der Waals surface area contributed by atoms with Crippen molar-refractivity contribution in [3.63, 3.8) is 0 Å². The number of amides is 5. The molecule has 37 heavy (non-hydrogen) atoms. The summed E-state index contributed by atoms with van der Waals surface area (Å²) < 4.78 is 10.5. The third-order valence-corrected chi connectivity index (χ3v) is 4.71. The number of nitrogens with zero attached hydrogens (tertiary/aromatic N) is 1. The first-order valence-corrected chi connectivity index (χ1v) is 12.5. The lowest BCUT2D eigenvalue weighted by Gasteiger charge is -2.27. The summed E-state index contributed by atoms with van der Waals surface area (Å²) >= 11 is 0. The SMILES string of the molecule is CC(C)(C)OC(=O)N(CCCCOC(=O)NCNC(=O)CCCCCCNC(=O)O)CCCNC(=O)O. The molecule has 5 amide bonds. The maximum atomic E-state index is 12.4. The van der Waals surface area contributed by atoms with Crippen molar-refractivity contribution in [1.29, 1.82) is 0 Å². The Morgan fingerprint density at radius 2 is 1.32 bits per heavy atom. The number of carbonyl (C=O) groups is 5. The van der Waals surface area contributed by atoms with Crippen LogP contribution in [-0.4, -0.2) is 90.4 Å². The van der Waals surface area contributed by atoms with Crippen LogP contribution < -0.4 is 21.3 Å². The third-order valence-electron chi connectivity index (χ3n) is 4.71. The van der Waals surface area contributed by atoms with Crippen LogP contribution in [0.4, 0.5) is 19.2 Å². The molecule has 0 unspecified atom stereocenters. The highest BCUT2D eigenvalue weighted by Gasteiger charge is 2.21. The number of nitrogens with one attached hydrogen (secondary N) is 4. The number of hydrogen-bond acceptors (Lipinski definition) is 7. The van der Waals surface area contributed by atoms with E-state index in [0.717, 1.165) is 12.8 Å². The molecule has 0 rings (SSSR count). The van der Waals surface area contributed by atoms with E-state index in [1.807, 2.05) is 0 Å². The molecule has 0 aromatic carbocycles. The highest BCUT2D eigenvalue weighted by atomic mass is 16.6. The molecular weight excluding hydrogens is 490 g/mol. The molecular formula is C23H43N5O9. The highest BCUT2D eigenvalue weighted by Crippen LogP contribution is 2.11. The van der Waals surface area contributed by atoms with Gasteiger partial charge in [-0.2, -0.15) is 0 Å². The summed E-state index contributed by atoms with van der Waals surface area (Å²) in [5.74, 6) is -0.204. The summed E-state index contributed by atoms with van der Waals surface area (Å²) in [6.45, 7) is 6.62. The minimum Gasteiger partial charge on any atom is -0.465 e. The van der Waals surface area contributed by atoms with Gasteiger partial charge in [-0.1, -0.05) is 12.8 Å². The fourth-order valence-electron chi connectivity index (χ4n) is 2.97. The van der Waals surface area contributed by atoms with E-state index in [2.05, 4.69) is 21.3 Å². The van der Waals surface area contributed by atoms with E-state index in [0.29, 0.717) is 58.2 Å². The molecule has 0 aliphatic heterocycles. The van der Waals surface area contributed by atoms with Crippen molar-refractivity contribution in [1.82, 2.24) is 26.2 Å². The molecule has 0 bridgehead atoms. The Labute approximate surface area is 217 Å². The van der Waals surface area contributed by atoms with E-state index in [4.69, 9.17) is 19.7 Å². The Morgan fingerprint density at radius 3 is 1.95 bits per heavy atom. The normalized spacial score (nSPS) is 10.7. The first kappa shape index (κ1) is 33.5. The van der Waals surface area contributed by atoms with Gasteiger partial charge in [-0.05, 0) is 52.9 Å². The molecule has 0 atom stereocenters. The van der Waals surface area contributed by atoms with Gasteiger partial charge in [0.15, 0.2) is 0 Å². The van der Waals surface area contributed by atoms with Crippen LogP contribution in [0.3, 0.4) is 0 Å². The van der Waals surface area contributed by atoms with Gasteiger partial charge < -0.3 is 45.9 Å². The van der Waals surface area contributed by atoms with Crippen LogP contribution in [-0.2, 0) is 14.3 Å². The molecule has 14 heteroatoms. The molecule has 6 N–H and O–H groups in total. The van der Waals surface area contributed by atoms with Gasteiger partial charge >= 0.3 is 24.4 Å². The minimum atomic E-state index is -1.13. The first-order chi connectivity index (χ1) is 17.4. The van der Waals surface area contributed by atoms with E-state index in [-0.39, 0.29) is 25.7 Å². The number of unbranched alkanes of at least 4 members (excludes halogenated alkanes) is 4. The zero-order chi connectivity index (χ0) is 28.1. The van der Waals surface area contributed by atoms with Crippen molar-refractivity contribution in [2.45, 2.75) is 77.7 Å².